The molecule has 2 atom stereocenters. The molecule has 0 amide bonds. The highest BCUT2D eigenvalue weighted by Gasteiger charge is 2.49. The normalized spacial score (nSPS) is 16.0. The number of carbonyl (C=O) groups is 2. The van der Waals surface area contributed by atoms with Gasteiger partial charge in [-0.1, -0.05) is 281 Å². The number of hydrogen-bond acceptors (Lipinski definition) is 5. The third-order valence-electron chi connectivity index (χ3n) is 17.5. The Balaban J connectivity index is 0.000000722. The number of aliphatic imine (C=N–C) groups is 1. The number of methoxy groups -OCH3 is 2. The van der Waals surface area contributed by atoms with Crippen LogP contribution in [-0.4, -0.2) is 63.3 Å². The standard InChI is InChI=1S/C35H59NO3.C32H55NO.C3H5IO2.HI/c1-5-7-9-11-13-15-16-18-20-22-27-35(26-21-19-17-14-12-10-8-6-2)30(3)36(28-25-34(37)38)33-24-23-31(39-4)29-32(33)35;1-5-7-9-11-13-15-16-18-20-22-26-32(25-21-19-17-14-12-10-8-6-2)28(3)33-31-24-23-29(34-4)27-30(31)32;4-2-1-3(5)6;/h23-24,29H,5-22,25-28H2,1-4H3;23-24,27H,5-22,25-26H2,1-4H3;1-2H2,(H,5,6);1H. The van der Waals surface area contributed by atoms with Crippen LogP contribution >= 0.6 is 22.6 Å². The highest BCUT2D eigenvalue weighted by Crippen LogP contribution is 2.50. The highest BCUT2D eigenvalue weighted by atomic mass is 127. The Bertz CT molecular complexity index is 1970. The van der Waals surface area contributed by atoms with Crippen molar-refractivity contribution in [3.63, 3.8) is 0 Å². The minimum absolute atomic E-state index is 0. The molecule has 0 bridgehead atoms. The van der Waals surface area contributed by atoms with E-state index in [1.54, 1.807) is 14.2 Å². The molecule has 8 nitrogen and oxygen atoms in total. The number of rotatable bonds is 47. The van der Waals surface area contributed by atoms with E-state index in [0.717, 1.165) is 24.3 Å². The molecule has 0 spiro atoms. The molecule has 2 aromatic carbocycles. The summed E-state index contributed by atoms with van der Waals surface area (Å²) >= 11 is 2.02. The number of aliphatic carboxylic acids is 2. The number of nitrogens with zero attached hydrogens (tertiary/aromatic N) is 2. The number of alkyl halides is 1. The lowest BCUT2D eigenvalue weighted by Gasteiger charge is -2.32. The van der Waals surface area contributed by atoms with Crippen molar-refractivity contribution in [2.45, 2.75) is 322 Å². The Kier molecular flexibility index (Phi) is 45.5. The maximum atomic E-state index is 11.5. The Labute approximate surface area is 522 Å². The fourth-order valence-electron chi connectivity index (χ4n) is 12.5. The van der Waals surface area contributed by atoms with E-state index >= 15 is 0 Å². The van der Waals surface area contributed by atoms with Crippen LogP contribution in [0.5, 0.6) is 11.5 Å². The van der Waals surface area contributed by atoms with Crippen LogP contribution in [0.3, 0.4) is 0 Å². The molecule has 2 heterocycles. The molecule has 0 aliphatic carbocycles. The average Bonchev–Trinajstić information content (AvgIpc) is 4.07. The molecule has 0 saturated heterocycles. The van der Waals surface area contributed by atoms with Crippen molar-refractivity contribution in [2.24, 2.45) is 4.99 Å². The van der Waals surface area contributed by atoms with E-state index < -0.39 is 11.9 Å². The van der Waals surface area contributed by atoms with Crippen LogP contribution < -0.4 is 33.5 Å². The second kappa shape index (κ2) is 48.1. The van der Waals surface area contributed by atoms with Crippen molar-refractivity contribution in [2.75, 3.05) is 25.2 Å². The van der Waals surface area contributed by atoms with Gasteiger partial charge in [-0.15, -0.1) is 0 Å². The van der Waals surface area contributed by atoms with Gasteiger partial charge in [0.05, 0.1) is 31.7 Å². The molecule has 2 unspecified atom stereocenters. The van der Waals surface area contributed by atoms with Crippen molar-refractivity contribution >= 4 is 57.3 Å². The van der Waals surface area contributed by atoms with Gasteiger partial charge in [0.25, 0.3) is 0 Å². The quantitative estimate of drug-likeness (QED) is 0.0296. The minimum atomic E-state index is -0.729. The summed E-state index contributed by atoms with van der Waals surface area (Å²) in [6.45, 7) is 14.3. The number of halogens is 2. The number of unbranched alkanes of at least 4 members (excludes halogenated alkanes) is 32. The van der Waals surface area contributed by atoms with Gasteiger partial charge in [0.15, 0.2) is 12.3 Å². The first-order valence-corrected chi connectivity index (χ1v) is 34.5. The van der Waals surface area contributed by atoms with Crippen LogP contribution in [0, 0.1) is 0 Å². The maximum absolute atomic E-state index is 11.5. The largest absolute Gasteiger partial charge is 1.00 e. The molecule has 80 heavy (non-hydrogen) atoms. The fraction of sp³-hybridized carbons (Fsp3) is 0.771. The number of ether oxygens (including phenoxy) is 2. The lowest BCUT2D eigenvalue weighted by molar-refractivity contribution is -0.438. The number of hydrogen-bond donors (Lipinski definition) is 2. The van der Waals surface area contributed by atoms with Crippen molar-refractivity contribution in [1.29, 1.82) is 0 Å². The van der Waals surface area contributed by atoms with Crippen LogP contribution in [-0.2, 0) is 20.4 Å². The first kappa shape index (κ1) is 75.8. The van der Waals surface area contributed by atoms with E-state index in [2.05, 4.69) is 76.4 Å². The van der Waals surface area contributed by atoms with Gasteiger partial charge in [-0.3, -0.25) is 14.6 Å². The van der Waals surface area contributed by atoms with Gasteiger partial charge in [-0.05, 0) is 68.5 Å². The van der Waals surface area contributed by atoms with E-state index in [0.29, 0.717) is 11.0 Å². The van der Waals surface area contributed by atoms with Crippen LogP contribution in [0.4, 0.5) is 11.4 Å². The maximum Gasteiger partial charge on any atom is 0.309 e. The van der Waals surface area contributed by atoms with E-state index in [4.69, 9.17) is 19.6 Å². The number of fused-ring (bicyclic) bond motifs is 2. The zero-order chi connectivity index (χ0) is 57.8. The highest BCUT2D eigenvalue weighted by molar-refractivity contribution is 14.1. The third kappa shape index (κ3) is 29.5. The molecule has 2 N–H and O–H groups in total. The number of carboxylic acids is 2. The minimum Gasteiger partial charge on any atom is -1.00 e. The molecule has 10 heteroatoms. The molecule has 0 saturated carbocycles. The summed E-state index contributed by atoms with van der Waals surface area (Å²) in [6, 6.07) is 13.0. The number of carboxylic acid groups (broad SMARTS) is 2. The summed E-state index contributed by atoms with van der Waals surface area (Å²) in [4.78, 5) is 26.1. The molecular formula is C70H120I2N2O6. The molecule has 4 rings (SSSR count). The van der Waals surface area contributed by atoms with E-state index in [9.17, 15) is 14.7 Å². The predicted octanol–water partition coefficient (Wildman–Crippen LogP) is 19.1. The second-order valence-electron chi connectivity index (χ2n) is 23.7. The van der Waals surface area contributed by atoms with Crippen molar-refractivity contribution in [3.05, 3.63) is 47.5 Å². The summed E-state index contributed by atoms with van der Waals surface area (Å²) in [7, 11) is 3.53. The van der Waals surface area contributed by atoms with Gasteiger partial charge < -0.3 is 43.7 Å². The zero-order valence-corrected chi connectivity index (χ0v) is 57.1. The van der Waals surface area contributed by atoms with Crippen molar-refractivity contribution in [3.8, 4) is 11.5 Å². The lowest BCUT2D eigenvalue weighted by atomic mass is 9.70. The molecular weight excluding hydrogens is 1220 g/mol. The summed E-state index contributed by atoms with van der Waals surface area (Å²) in [6.07, 6.45) is 54.3. The van der Waals surface area contributed by atoms with Gasteiger partial charge in [0, 0.05) is 34.1 Å². The zero-order valence-electron chi connectivity index (χ0n) is 52.8. The average molecular weight is 1340 g/mol. The monoisotopic (exact) mass is 1340 g/mol. The lowest BCUT2D eigenvalue weighted by Crippen LogP contribution is -3.00. The smallest absolute Gasteiger partial charge is 0.309 e. The Morgan fingerprint density at radius 2 is 0.800 bits per heavy atom. The molecule has 2 aromatic rings. The van der Waals surface area contributed by atoms with Crippen molar-refractivity contribution in [1.82, 2.24) is 0 Å². The fourth-order valence-corrected chi connectivity index (χ4v) is 13.0. The summed E-state index contributed by atoms with van der Waals surface area (Å²) in [5, 5.41) is 17.4. The molecule has 2 aliphatic heterocycles. The van der Waals surface area contributed by atoms with E-state index in [1.165, 1.54) is 278 Å². The number of benzene rings is 2. The summed E-state index contributed by atoms with van der Waals surface area (Å²) in [5.41, 5.74) is 8.00. The van der Waals surface area contributed by atoms with E-state index in [-0.39, 0.29) is 47.6 Å². The third-order valence-corrected chi connectivity index (χ3v) is 18.0. The van der Waals surface area contributed by atoms with Crippen LogP contribution in [0.2, 0.25) is 0 Å². The predicted molar refractivity (Wildman–Crippen MR) is 348 cm³/mol. The SMILES string of the molecule is CCCCCCCCCCCCC1(CCCCCCCCCC)C(C)=Nc2ccc(OC)cc21.CCCCCCCCCCCCC1(CCCCCCCCCC)C(C)=[N+](CCC(=O)O)c2ccc(OC)cc21.O=C(O)CCI.[I-]. The topological polar surface area (TPSA) is 108 Å². The first-order chi connectivity index (χ1) is 38.4. The molecule has 0 fully saturated rings. The molecule has 0 aromatic heterocycles. The van der Waals surface area contributed by atoms with Gasteiger partial charge >= 0.3 is 11.9 Å². The molecule has 460 valence electrons. The Morgan fingerprint density at radius 3 is 1.12 bits per heavy atom. The van der Waals surface area contributed by atoms with Crippen LogP contribution in [0.1, 0.15) is 322 Å². The van der Waals surface area contributed by atoms with Crippen LogP contribution in [0.15, 0.2) is 41.4 Å². The van der Waals surface area contributed by atoms with Gasteiger partial charge in [0.1, 0.15) is 17.9 Å². The van der Waals surface area contributed by atoms with Crippen molar-refractivity contribution < 1.29 is 57.8 Å². The van der Waals surface area contributed by atoms with Gasteiger partial charge in [-0.25, -0.2) is 0 Å². The Hall–Kier alpha value is -2.22. The van der Waals surface area contributed by atoms with Gasteiger partial charge in [0.2, 0.25) is 5.69 Å². The first-order valence-electron chi connectivity index (χ1n) is 33.0. The van der Waals surface area contributed by atoms with Crippen LogP contribution in [0.25, 0.3) is 0 Å². The summed E-state index contributed by atoms with van der Waals surface area (Å²) < 4.78 is 14.3. The second-order valence-corrected chi connectivity index (χ2v) is 24.7. The van der Waals surface area contributed by atoms with E-state index in [1.807, 2.05) is 28.7 Å². The molecule has 0 radical (unpaired) electrons. The molecule has 2 aliphatic rings. The Morgan fingerprint density at radius 1 is 0.475 bits per heavy atom. The summed E-state index contributed by atoms with van der Waals surface area (Å²) in [5.74, 6) is 0.439. The van der Waals surface area contributed by atoms with Gasteiger partial charge in [-0.2, -0.15) is 4.58 Å².